The van der Waals surface area contributed by atoms with Crippen LogP contribution < -0.4 is 11.1 Å². The van der Waals surface area contributed by atoms with Gasteiger partial charge in [0, 0.05) is 6.04 Å². The summed E-state index contributed by atoms with van der Waals surface area (Å²) in [5.74, 6) is 0.641. The summed E-state index contributed by atoms with van der Waals surface area (Å²) in [6.07, 6.45) is 2.42. The molecule has 2 atom stereocenters. The second-order valence-electron chi connectivity index (χ2n) is 4.31. The lowest BCUT2D eigenvalue weighted by atomic mass is 10.2. The molecule has 1 saturated heterocycles. The SMILES string of the molecule is CCC(C)NC(N)=NCC1CCCS1(=O)=O.I. The van der Waals surface area contributed by atoms with E-state index in [4.69, 9.17) is 5.73 Å². The molecule has 1 rings (SSSR count). The molecule has 3 N–H and O–H groups in total. The molecule has 0 radical (unpaired) electrons. The van der Waals surface area contributed by atoms with E-state index in [1.165, 1.54) is 0 Å². The van der Waals surface area contributed by atoms with Gasteiger partial charge < -0.3 is 11.1 Å². The molecule has 1 fully saturated rings. The highest BCUT2D eigenvalue weighted by Gasteiger charge is 2.30. The molecule has 7 heteroatoms. The summed E-state index contributed by atoms with van der Waals surface area (Å²) in [4.78, 5) is 4.09. The molecule has 5 nitrogen and oxygen atoms in total. The second-order valence-corrected chi connectivity index (χ2v) is 6.71. The summed E-state index contributed by atoms with van der Waals surface area (Å²) in [7, 11) is -2.91. The molecule has 0 amide bonds. The minimum Gasteiger partial charge on any atom is -0.370 e. The first-order chi connectivity index (χ1) is 7.45. The van der Waals surface area contributed by atoms with Gasteiger partial charge in [-0.05, 0) is 26.2 Å². The van der Waals surface area contributed by atoms with Crippen molar-refractivity contribution in [1.29, 1.82) is 0 Å². The summed E-state index contributed by atoms with van der Waals surface area (Å²) in [5.41, 5.74) is 5.66. The number of hydrogen-bond donors (Lipinski definition) is 2. The van der Waals surface area contributed by atoms with Crippen molar-refractivity contribution in [1.82, 2.24) is 5.32 Å². The van der Waals surface area contributed by atoms with Crippen LogP contribution in [0.1, 0.15) is 33.1 Å². The van der Waals surface area contributed by atoms with Crippen molar-refractivity contribution in [3.05, 3.63) is 0 Å². The zero-order valence-electron chi connectivity index (χ0n) is 10.3. The quantitative estimate of drug-likeness (QED) is 0.434. The maximum atomic E-state index is 11.5. The predicted molar refractivity (Wildman–Crippen MR) is 81.6 cm³/mol. The largest absolute Gasteiger partial charge is 0.370 e. The maximum Gasteiger partial charge on any atom is 0.188 e. The van der Waals surface area contributed by atoms with Gasteiger partial charge in [-0.1, -0.05) is 6.92 Å². The van der Waals surface area contributed by atoms with Crippen molar-refractivity contribution < 1.29 is 8.42 Å². The van der Waals surface area contributed by atoms with Crippen LogP contribution in [0.3, 0.4) is 0 Å². The van der Waals surface area contributed by atoms with Crippen molar-refractivity contribution in [2.75, 3.05) is 12.3 Å². The Balaban J connectivity index is 0.00000256. The zero-order valence-corrected chi connectivity index (χ0v) is 13.5. The zero-order chi connectivity index (χ0) is 12.2. The Morgan fingerprint density at radius 1 is 1.59 bits per heavy atom. The standard InChI is InChI=1S/C10H21N3O2S.HI/c1-3-8(2)13-10(11)12-7-9-5-4-6-16(9,14)15;/h8-9H,3-7H2,1-2H3,(H3,11,12,13);1H. The third-order valence-corrected chi connectivity index (χ3v) is 5.19. The van der Waals surface area contributed by atoms with Gasteiger partial charge in [-0.2, -0.15) is 0 Å². The number of sulfone groups is 1. The van der Waals surface area contributed by atoms with Crippen LogP contribution in [-0.4, -0.2) is 38.0 Å². The number of rotatable bonds is 4. The lowest BCUT2D eigenvalue weighted by Crippen LogP contribution is -2.38. The van der Waals surface area contributed by atoms with Gasteiger partial charge in [0.2, 0.25) is 0 Å². The normalized spacial score (nSPS) is 25.1. The van der Waals surface area contributed by atoms with E-state index in [0.717, 1.165) is 12.8 Å². The highest BCUT2D eigenvalue weighted by atomic mass is 127. The summed E-state index contributed by atoms with van der Waals surface area (Å²) in [6.45, 7) is 4.35. The Hall–Kier alpha value is -0.0500. The van der Waals surface area contributed by atoms with E-state index in [1.807, 2.05) is 13.8 Å². The number of aliphatic imine (C=N–C) groups is 1. The molecular weight excluding hydrogens is 353 g/mol. The molecule has 1 aliphatic rings. The van der Waals surface area contributed by atoms with Crippen LogP contribution in [0.2, 0.25) is 0 Å². The van der Waals surface area contributed by atoms with E-state index >= 15 is 0 Å². The Labute approximate surface area is 121 Å². The van der Waals surface area contributed by atoms with Gasteiger partial charge in [0.1, 0.15) is 0 Å². The highest BCUT2D eigenvalue weighted by Crippen LogP contribution is 2.19. The lowest BCUT2D eigenvalue weighted by molar-refractivity contribution is 0.589. The number of guanidine groups is 1. The second kappa shape index (κ2) is 7.40. The van der Waals surface area contributed by atoms with E-state index in [2.05, 4.69) is 10.3 Å². The number of nitrogens with two attached hydrogens (primary N) is 1. The van der Waals surface area contributed by atoms with Crippen molar-refractivity contribution >= 4 is 39.8 Å². The molecule has 1 aliphatic heterocycles. The Morgan fingerprint density at radius 3 is 2.71 bits per heavy atom. The molecule has 0 aromatic carbocycles. The smallest absolute Gasteiger partial charge is 0.188 e. The van der Waals surface area contributed by atoms with Gasteiger partial charge in [-0.15, -0.1) is 24.0 Å². The third kappa shape index (κ3) is 5.41. The first kappa shape index (κ1) is 16.9. The van der Waals surface area contributed by atoms with E-state index < -0.39 is 9.84 Å². The van der Waals surface area contributed by atoms with Crippen molar-refractivity contribution in [2.45, 2.75) is 44.4 Å². The molecule has 2 unspecified atom stereocenters. The molecule has 0 saturated carbocycles. The third-order valence-electron chi connectivity index (χ3n) is 2.93. The van der Waals surface area contributed by atoms with Crippen LogP contribution in [0.5, 0.6) is 0 Å². The molecular formula is C10H22IN3O2S. The monoisotopic (exact) mass is 375 g/mol. The summed E-state index contributed by atoms with van der Waals surface area (Å²) >= 11 is 0. The Morgan fingerprint density at radius 2 is 2.24 bits per heavy atom. The average molecular weight is 375 g/mol. The molecule has 17 heavy (non-hydrogen) atoms. The topological polar surface area (TPSA) is 84.5 Å². The minimum absolute atomic E-state index is 0. The molecule has 0 aromatic rings. The minimum atomic E-state index is -2.91. The van der Waals surface area contributed by atoms with Crippen LogP contribution in [0.4, 0.5) is 0 Å². The van der Waals surface area contributed by atoms with Crippen LogP contribution in [-0.2, 0) is 9.84 Å². The Kier molecular flexibility index (Phi) is 7.38. The highest BCUT2D eigenvalue weighted by molar-refractivity contribution is 14.0. The summed E-state index contributed by atoms with van der Waals surface area (Å²) in [6, 6.07) is 0.268. The molecule has 1 heterocycles. The number of hydrogen-bond acceptors (Lipinski definition) is 3. The Bertz CT molecular complexity index is 357. The first-order valence-corrected chi connectivity index (χ1v) is 7.45. The van der Waals surface area contributed by atoms with Crippen LogP contribution in [0.15, 0.2) is 4.99 Å². The fourth-order valence-electron chi connectivity index (χ4n) is 1.66. The summed E-state index contributed by atoms with van der Waals surface area (Å²) < 4.78 is 23.0. The van der Waals surface area contributed by atoms with Crippen LogP contribution in [0, 0.1) is 0 Å². The first-order valence-electron chi connectivity index (χ1n) is 5.73. The fourth-order valence-corrected chi connectivity index (χ4v) is 3.39. The molecule has 0 aliphatic carbocycles. The molecule has 102 valence electrons. The van der Waals surface area contributed by atoms with Crippen molar-refractivity contribution in [3.8, 4) is 0 Å². The fraction of sp³-hybridized carbons (Fsp3) is 0.900. The van der Waals surface area contributed by atoms with E-state index in [1.54, 1.807) is 0 Å². The average Bonchev–Trinajstić information content (AvgIpc) is 2.54. The number of halogens is 1. The number of nitrogens with one attached hydrogen (secondary N) is 1. The summed E-state index contributed by atoms with van der Waals surface area (Å²) in [5, 5.41) is 2.68. The molecule has 0 spiro atoms. The van der Waals surface area contributed by atoms with Crippen LogP contribution >= 0.6 is 24.0 Å². The van der Waals surface area contributed by atoms with Crippen LogP contribution in [0.25, 0.3) is 0 Å². The van der Waals surface area contributed by atoms with Crippen molar-refractivity contribution in [3.63, 3.8) is 0 Å². The van der Waals surface area contributed by atoms with Gasteiger partial charge in [-0.3, -0.25) is 4.99 Å². The van der Waals surface area contributed by atoms with Crippen molar-refractivity contribution in [2.24, 2.45) is 10.7 Å². The van der Waals surface area contributed by atoms with Gasteiger partial charge in [-0.25, -0.2) is 8.42 Å². The lowest BCUT2D eigenvalue weighted by Gasteiger charge is -2.12. The van der Waals surface area contributed by atoms with E-state index in [0.29, 0.717) is 18.1 Å². The van der Waals surface area contributed by atoms with E-state index in [-0.39, 0.29) is 41.8 Å². The predicted octanol–water partition coefficient (Wildman–Crippen LogP) is 0.884. The van der Waals surface area contributed by atoms with Gasteiger partial charge >= 0.3 is 0 Å². The van der Waals surface area contributed by atoms with Gasteiger partial charge in [0.25, 0.3) is 0 Å². The number of nitrogens with zero attached hydrogens (tertiary/aromatic N) is 1. The van der Waals surface area contributed by atoms with E-state index in [9.17, 15) is 8.42 Å². The van der Waals surface area contributed by atoms with Gasteiger partial charge in [0.15, 0.2) is 15.8 Å². The molecule has 0 aromatic heterocycles. The maximum absolute atomic E-state index is 11.5. The molecule has 0 bridgehead atoms. The van der Waals surface area contributed by atoms with Gasteiger partial charge in [0.05, 0.1) is 17.5 Å².